The highest BCUT2D eigenvalue weighted by atomic mass is 16.6. The number of amides is 1. The maximum absolute atomic E-state index is 13.6. The fourth-order valence-corrected chi connectivity index (χ4v) is 5.13. The Labute approximate surface area is 228 Å². The number of ether oxygens (including phenoxy) is 3. The van der Waals surface area contributed by atoms with E-state index in [0.29, 0.717) is 47.3 Å². The van der Waals surface area contributed by atoms with E-state index in [1.807, 2.05) is 51.1 Å². The highest BCUT2D eigenvalue weighted by Gasteiger charge is 2.47. The Morgan fingerprint density at radius 3 is 2.31 bits per heavy atom. The quantitative estimate of drug-likeness (QED) is 0.251. The summed E-state index contributed by atoms with van der Waals surface area (Å²) in [5.41, 5.74) is 3.38. The zero-order chi connectivity index (χ0) is 27.9. The van der Waals surface area contributed by atoms with Crippen LogP contribution >= 0.6 is 0 Å². The van der Waals surface area contributed by atoms with Crippen molar-refractivity contribution in [3.05, 3.63) is 88.5 Å². The number of Topliss-reactive ketones (excluding diaryl/α,β-unsaturated/α-hetero) is 1. The predicted molar refractivity (Wildman–Crippen MR) is 150 cm³/mol. The molecule has 2 heterocycles. The molecule has 1 saturated heterocycles. The van der Waals surface area contributed by atoms with Crippen LogP contribution in [0.25, 0.3) is 5.76 Å². The summed E-state index contributed by atoms with van der Waals surface area (Å²) >= 11 is 0. The third kappa shape index (κ3) is 4.73. The van der Waals surface area contributed by atoms with Gasteiger partial charge in [-0.05, 0) is 53.3 Å². The van der Waals surface area contributed by atoms with Gasteiger partial charge in [0.1, 0.15) is 24.7 Å². The van der Waals surface area contributed by atoms with E-state index < -0.39 is 17.7 Å². The van der Waals surface area contributed by atoms with Crippen molar-refractivity contribution in [3.63, 3.8) is 0 Å². The number of ketones is 1. The lowest BCUT2D eigenvalue weighted by Crippen LogP contribution is -2.29. The Balaban J connectivity index is 1.70. The van der Waals surface area contributed by atoms with Gasteiger partial charge in [-0.3, -0.25) is 14.5 Å². The number of rotatable bonds is 5. The van der Waals surface area contributed by atoms with Gasteiger partial charge in [0.25, 0.3) is 11.7 Å². The maximum Gasteiger partial charge on any atom is 0.300 e. The number of anilines is 1. The minimum Gasteiger partial charge on any atom is -0.507 e. The average Bonchev–Trinajstić information content (AvgIpc) is 3.21. The van der Waals surface area contributed by atoms with Gasteiger partial charge in [-0.25, -0.2) is 0 Å². The zero-order valence-electron chi connectivity index (χ0n) is 22.9. The molecule has 1 atom stereocenters. The Morgan fingerprint density at radius 1 is 0.974 bits per heavy atom. The largest absolute Gasteiger partial charge is 0.507 e. The first kappa shape index (κ1) is 26.4. The third-order valence-electron chi connectivity index (χ3n) is 7.23. The molecule has 0 spiro atoms. The van der Waals surface area contributed by atoms with E-state index in [9.17, 15) is 14.7 Å². The Morgan fingerprint density at radius 2 is 1.67 bits per heavy atom. The van der Waals surface area contributed by atoms with Crippen molar-refractivity contribution in [1.82, 2.24) is 0 Å². The van der Waals surface area contributed by atoms with Crippen LogP contribution in [-0.2, 0) is 21.4 Å². The van der Waals surface area contributed by atoms with E-state index in [1.165, 1.54) is 4.90 Å². The van der Waals surface area contributed by atoms with Gasteiger partial charge in [-0.15, -0.1) is 0 Å². The molecule has 0 aliphatic carbocycles. The van der Waals surface area contributed by atoms with Gasteiger partial charge in [0.05, 0.1) is 18.7 Å². The second-order valence-electron chi connectivity index (χ2n) is 10.8. The molecule has 0 bridgehead atoms. The van der Waals surface area contributed by atoms with Gasteiger partial charge in [-0.1, -0.05) is 52.0 Å². The summed E-state index contributed by atoms with van der Waals surface area (Å²) in [5.74, 6) is 0.0696. The van der Waals surface area contributed by atoms with Gasteiger partial charge in [0.2, 0.25) is 0 Å². The van der Waals surface area contributed by atoms with Crippen molar-refractivity contribution in [2.45, 2.75) is 45.6 Å². The fourth-order valence-electron chi connectivity index (χ4n) is 5.13. The maximum atomic E-state index is 13.6. The molecule has 1 amide bonds. The predicted octanol–water partition coefficient (Wildman–Crippen LogP) is 5.95. The van der Waals surface area contributed by atoms with Gasteiger partial charge < -0.3 is 19.3 Å². The van der Waals surface area contributed by atoms with Crippen molar-refractivity contribution in [3.8, 4) is 17.2 Å². The molecule has 1 unspecified atom stereocenters. The molecule has 2 aliphatic heterocycles. The lowest BCUT2D eigenvalue weighted by atomic mass is 9.84. The normalized spacial score (nSPS) is 18.4. The van der Waals surface area contributed by atoms with Gasteiger partial charge in [0.15, 0.2) is 11.5 Å². The molecule has 2 aliphatic rings. The van der Waals surface area contributed by atoms with Gasteiger partial charge in [-0.2, -0.15) is 0 Å². The van der Waals surface area contributed by atoms with Crippen LogP contribution < -0.4 is 19.1 Å². The fraction of sp³-hybridized carbons (Fsp3) is 0.312. The minimum absolute atomic E-state index is 0.0316. The van der Waals surface area contributed by atoms with Crippen molar-refractivity contribution in [1.29, 1.82) is 0 Å². The van der Waals surface area contributed by atoms with E-state index in [4.69, 9.17) is 14.2 Å². The molecule has 5 rings (SSSR count). The highest BCUT2D eigenvalue weighted by Crippen LogP contribution is 2.45. The van der Waals surface area contributed by atoms with Crippen LogP contribution in [0.1, 0.15) is 56.0 Å². The van der Waals surface area contributed by atoms with Crippen molar-refractivity contribution >= 4 is 23.1 Å². The van der Waals surface area contributed by atoms with Gasteiger partial charge >= 0.3 is 0 Å². The number of aliphatic hydroxyl groups is 1. The van der Waals surface area contributed by atoms with Crippen LogP contribution in [0.3, 0.4) is 0 Å². The number of benzene rings is 3. The molecule has 1 N–H and O–H groups in total. The third-order valence-corrected chi connectivity index (χ3v) is 7.23. The second-order valence-corrected chi connectivity index (χ2v) is 10.8. The molecular weight excluding hydrogens is 494 g/mol. The molecule has 7 nitrogen and oxygen atoms in total. The lowest BCUT2D eigenvalue weighted by molar-refractivity contribution is -0.132. The number of hydrogen-bond donors (Lipinski definition) is 1. The van der Waals surface area contributed by atoms with E-state index >= 15 is 0 Å². The summed E-state index contributed by atoms with van der Waals surface area (Å²) < 4.78 is 16.9. The Kier molecular flexibility index (Phi) is 6.85. The number of methoxy groups -OCH3 is 1. The average molecular weight is 528 g/mol. The highest BCUT2D eigenvalue weighted by molar-refractivity contribution is 6.51. The molecule has 1 fully saturated rings. The first-order chi connectivity index (χ1) is 18.6. The topological polar surface area (TPSA) is 85.3 Å². The van der Waals surface area contributed by atoms with Crippen LogP contribution in [0.2, 0.25) is 0 Å². The SMILES string of the molecule is CCc1ccc(C2/C(=C(\O)c3ccc(OC)c(C(C)(C)C)c3)C(=O)C(=O)N2c2ccc3c(c2)OCCO3)cc1. The molecule has 3 aromatic carbocycles. The molecule has 202 valence electrons. The van der Waals surface area contributed by atoms with Crippen molar-refractivity contribution < 1.29 is 28.9 Å². The van der Waals surface area contributed by atoms with E-state index in [1.54, 1.807) is 37.4 Å². The number of aliphatic hydroxyl groups excluding tert-OH is 1. The summed E-state index contributed by atoms with van der Waals surface area (Å²) in [6.45, 7) is 9.04. The molecule has 39 heavy (non-hydrogen) atoms. The standard InChI is InChI=1S/C32H33NO6/c1-6-19-7-9-20(10-8-19)28-27(29(34)21-11-13-24(37-5)23(17-21)32(2,3)4)30(35)31(36)33(28)22-12-14-25-26(18-22)39-16-15-38-25/h7-14,17-18,28,34H,6,15-16H2,1-5H3/b29-27+. The molecule has 0 saturated carbocycles. The summed E-state index contributed by atoms with van der Waals surface area (Å²) in [5, 5.41) is 11.6. The number of carbonyl (C=O) groups excluding carboxylic acids is 2. The van der Waals surface area contributed by atoms with Crippen molar-refractivity contribution in [2.75, 3.05) is 25.2 Å². The summed E-state index contributed by atoms with van der Waals surface area (Å²) in [6.07, 6.45) is 0.851. The smallest absolute Gasteiger partial charge is 0.300 e. The van der Waals surface area contributed by atoms with Crippen LogP contribution in [0.15, 0.2) is 66.2 Å². The monoisotopic (exact) mass is 527 g/mol. The summed E-state index contributed by atoms with van der Waals surface area (Å²) in [7, 11) is 1.60. The molecular formula is C32H33NO6. The second kappa shape index (κ2) is 10.1. The number of nitrogens with zero attached hydrogens (tertiary/aromatic N) is 1. The Bertz CT molecular complexity index is 1460. The van der Waals surface area contributed by atoms with Crippen LogP contribution in [0, 0.1) is 0 Å². The van der Waals surface area contributed by atoms with E-state index in [2.05, 4.69) is 6.92 Å². The van der Waals surface area contributed by atoms with Gasteiger partial charge in [0, 0.05) is 22.9 Å². The first-order valence-electron chi connectivity index (χ1n) is 13.1. The number of hydrogen-bond acceptors (Lipinski definition) is 6. The molecule has 0 aromatic heterocycles. The van der Waals surface area contributed by atoms with Crippen LogP contribution in [0.5, 0.6) is 17.2 Å². The van der Waals surface area contributed by atoms with E-state index in [0.717, 1.165) is 17.5 Å². The number of fused-ring (bicyclic) bond motifs is 1. The van der Waals surface area contributed by atoms with E-state index in [-0.39, 0.29) is 16.7 Å². The minimum atomic E-state index is -0.835. The molecule has 3 aromatic rings. The van der Waals surface area contributed by atoms with Crippen LogP contribution in [-0.4, -0.2) is 37.1 Å². The molecule has 7 heteroatoms. The molecule has 0 radical (unpaired) electrons. The van der Waals surface area contributed by atoms with Crippen LogP contribution in [0.4, 0.5) is 5.69 Å². The summed E-state index contributed by atoms with van der Waals surface area (Å²) in [4.78, 5) is 28.6. The number of aryl methyl sites for hydroxylation is 1. The van der Waals surface area contributed by atoms with Crippen molar-refractivity contribution in [2.24, 2.45) is 0 Å². The number of carbonyl (C=O) groups is 2. The zero-order valence-corrected chi connectivity index (χ0v) is 22.9. The first-order valence-corrected chi connectivity index (χ1v) is 13.1. The lowest BCUT2D eigenvalue weighted by Gasteiger charge is -2.27. The summed E-state index contributed by atoms with van der Waals surface area (Å²) in [6, 6.07) is 17.4. The Hall–Kier alpha value is -4.26.